The van der Waals surface area contributed by atoms with Crippen LogP contribution in [0.2, 0.25) is 0 Å². The molecule has 1 aliphatic heterocycles. The van der Waals surface area contributed by atoms with Crippen molar-refractivity contribution >= 4 is 45.9 Å². The average molecular weight is 355 g/mol. The fourth-order valence-electron chi connectivity index (χ4n) is 3.16. The molecule has 1 aliphatic carbocycles. The van der Waals surface area contributed by atoms with Gasteiger partial charge in [0.25, 0.3) is 5.91 Å². The molecule has 0 bridgehead atoms. The lowest BCUT2D eigenvalue weighted by atomic mass is 10.2. The molecule has 2 fully saturated rings. The van der Waals surface area contributed by atoms with Crippen LogP contribution in [0, 0.1) is 0 Å². The second-order valence-corrected chi connectivity index (χ2v) is 7.96. The monoisotopic (exact) mass is 354 g/mol. The van der Waals surface area contributed by atoms with Gasteiger partial charge in [-0.25, -0.2) is 4.99 Å². The summed E-state index contributed by atoms with van der Waals surface area (Å²) in [7, 11) is 0. The highest BCUT2D eigenvalue weighted by Crippen LogP contribution is 2.39. The fraction of sp³-hybridized carbons (Fsp3) is 0.263. The lowest BCUT2D eigenvalue weighted by Crippen LogP contribution is -2.37. The Hall–Kier alpha value is -1.85. The van der Waals surface area contributed by atoms with Crippen molar-refractivity contribution in [2.75, 3.05) is 0 Å². The number of amides is 1. The zero-order valence-electron chi connectivity index (χ0n) is 13.2. The van der Waals surface area contributed by atoms with Gasteiger partial charge in [-0.05, 0) is 54.3 Å². The third-order valence-corrected chi connectivity index (χ3v) is 6.13. The molecular formula is C19H18N2OS2. The van der Waals surface area contributed by atoms with E-state index in [0.717, 1.165) is 33.5 Å². The Balaban J connectivity index is 1.70. The molecule has 0 unspecified atom stereocenters. The molecule has 4 rings (SSSR count). The minimum Gasteiger partial charge on any atom is -0.283 e. The van der Waals surface area contributed by atoms with Crippen molar-refractivity contribution in [3.63, 3.8) is 0 Å². The Kier molecular flexibility index (Phi) is 4.54. The van der Waals surface area contributed by atoms with Crippen molar-refractivity contribution in [2.45, 2.75) is 31.7 Å². The normalized spacial score (nSPS) is 22.2. The standard InChI is InChI=1S/C19H18N2OS2/c22-18-17(13-16-11-6-12-23-16)24-19(20-14-7-2-1-3-8-14)21(18)15-9-4-5-10-15/h1-3,6-8,11-13,15H,4-5,9-10H2. The fourth-order valence-corrected chi connectivity index (χ4v) is 4.95. The number of amidine groups is 1. The third-order valence-electron chi connectivity index (χ3n) is 4.32. The highest BCUT2D eigenvalue weighted by atomic mass is 32.2. The molecule has 0 spiro atoms. The minimum absolute atomic E-state index is 0.106. The van der Waals surface area contributed by atoms with Crippen LogP contribution in [0.15, 0.2) is 57.7 Å². The first kappa shape index (κ1) is 15.7. The number of rotatable bonds is 3. The summed E-state index contributed by atoms with van der Waals surface area (Å²) in [6.07, 6.45) is 6.54. The first-order valence-electron chi connectivity index (χ1n) is 8.21. The van der Waals surface area contributed by atoms with Gasteiger partial charge in [0.2, 0.25) is 0 Å². The number of benzene rings is 1. The molecule has 5 heteroatoms. The number of thiophene rings is 1. The van der Waals surface area contributed by atoms with Gasteiger partial charge in [0.05, 0.1) is 10.6 Å². The first-order valence-corrected chi connectivity index (χ1v) is 9.91. The Labute approximate surface area is 150 Å². The summed E-state index contributed by atoms with van der Waals surface area (Å²) < 4.78 is 0. The van der Waals surface area contributed by atoms with E-state index >= 15 is 0 Å². The van der Waals surface area contributed by atoms with E-state index in [0.29, 0.717) is 6.04 Å². The van der Waals surface area contributed by atoms with Crippen LogP contribution in [-0.2, 0) is 4.79 Å². The predicted molar refractivity (Wildman–Crippen MR) is 103 cm³/mol. The Morgan fingerprint density at radius 2 is 1.88 bits per heavy atom. The number of carbonyl (C=O) groups excluding carboxylic acids is 1. The summed E-state index contributed by atoms with van der Waals surface area (Å²) in [5, 5.41) is 2.85. The maximum Gasteiger partial charge on any atom is 0.267 e. The van der Waals surface area contributed by atoms with Gasteiger partial charge in [-0.2, -0.15) is 0 Å². The SMILES string of the molecule is O=C1C(=Cc2cccs2)SC(=Nc2ccccc2)N1C1CCCC1. The Bertz CT molecular complexity index is 775. The van der Waals surface area contributed by atoms with Crippen molar-refractivity contribution < 1.29 is 4.79 Å². The van der Waals surface area contributed by atoms with Gasteiger partial charge >= 0.3 is 0 Å². The van der Waals surface area contributed by atoms with Gasteiger partial charge in [-0.3, -0.25) is 9.69 Å². The topological polar surface area (TPSA) is 32.7 Å². The van der Waals surface area contributed by atoms with Crippen LogP contribution in [0.1, 0.15) is 30.6 Å². The van der Waals surface area contributed by atoms with E-state index in [9.17, 15) is 4.79 Å². The lowest BCUT2D eigenvalue weighted by Gasteiger charge is -2.22. The van der Waals surface area contributed by atoms with Crippen molar-refractivity contribution in [3.05, 3.63) is 57.6 Å². The number of hydrogen-bond acceptors (Lipinski definition) is 4. The molecule has 122 valence electrons. The van der Waals surface area contributed by atoms with Crippen molar-refractivity contribution in [1.82, 2.24) is 4.90 Å². The molecule has 2 aliphatic rings. The van der Waals surface area contributed by atoms with Crippen molar-refractivity contribution in [2.24, 2.45) is 4.99 Å². The quantitative estimate of drug-likeness (QED) is 0.701. The average Bonchev–Trinajstić information content (AvgIpc) is 3.32. The molecule has 0 N–H and O–H groups in total. The van der Waals surface area contributed by atoms with E-state index in [-0.39, 0.29) is 5.91 Å². The van der Waals surface area contributed by atoms with Crippen LogP contribution in [0.3, 0.4) is 0 Å². The number of aliphatic imine (C=N–C) groups is 1. The number of thioether (sulfide) groups is 1. The van der Waals surface area contributed by atoms with Gasteiger partial charge in [0, 0.05) is 10.9 Å². The minimum atomic E-state index is 0.106. The second-order valence-electron chi connectivity index (χ2n) is 5.97. The van der Waals surface area contributed by atoms with Crippen molar-refractivity contribution in [3.8, 4) is 0 Å². The third kappa shape index (κ3) is 3.19. The van der Waals surface area contributed by atoms with Gasteiger partial charge in [0.1, 0.15) is 0 Å². The van der Waals surface area contributed by atoms with Crippen LogP contribution in [0.5, 0.6) is 0 Å². The summed E-state index contributed by atoms with van der Waals surface area (Å²) in [5.74, 6) is 0.106. The summed E-state index contributed by atoms with van der Waals surface area (Å²) in [5.41, 5.74) is 0.896. The Morgan fingerprint density at radius 1 is 1.08 bits per heavy atom. The van der Waals surface area contributed by atoms with Crippen LogP contribution in [-0.4, -0.2) is 22.0 Å². The first-order chi connectivity index (χ1) is 11.8. The van der Waals surface area contributed by atoms with E-state index in [1.54, 1.807) is 11.3 Å². The molecule has 0 atom stereocenters. The van der Waals surface area contributed by atoms with E-state index in [2.05, 4.69) is 0 Å². The molecule has 1 saturated carbocycles. The molecule has 2 aromatic rings. The van der Waals surface area contributed by atoms with E-state index < -0.39 is 0 Å². The number of hydrogen-bond donors (Lipinski definition) is 0. The molecule has 24 heavy (non-hydrogen) atoms. The summed E-state index contributed by atoms with van der Waals surface area (Å²) in [4.78, 5) is 21.6. The smallest absolute Gasteiger partial charge is 0.267 e. The van der Waals surface area contributed by atoms with E-state index in [4.69, 9.17) is 4.99 Å². The maximum atomic E-state index is 13.0. The molecule has 3 nitrogen and oxygen atoms in total. The molecular weight excluding hydrogens is 336 g/mol. The van der Waals surface area contributed by atoms with Crippen LogP contribution >= 0.6 is 23.1 Å². The van der Waals surface area contributed by atoms with E-state index in [1.165, 1.54) is 24.6 Å². The van der Waals surface area contributed by atoms with Gasteiger partial charge in [-0.15, -0.1) is 11.3 Å². The van der Waals surface area contributed by atoms with Gasteiger partial charge in [0.15, 0.2) is 5.17 Å². The summed E-state index contributed by atoms with van der Waals surface area (Å²) in [6.45, 7) is 0. The van der Waals surface area contributed by atoms with Crippen LogP contribution in [0.25, 0.3) is 6.08 Å². The zero-order valence-corrected chi connectivity index (χ0v) is 14.9. The molecule has 1 amide bonds. The second kappa shape index (κ2) is 6.95. The summed E-state index contributed by atoms with van der Waals surface area (Å²) in [6, 6.07) is 14.2. The number of para-hydroxylation sites is 1. The molecule has 2 heterocycles. The Morgan fingerprint density at radius 3 is 2.58 bits per heavy atom. The van der Waals surface area contributed by atoms with Crippen molar-refractivity contribution in [1.29, 1.82) is 0 Å². The molecule has 1 aromatic carbocycles. The van der Waals surface area contributed by atoms with Crippen LogP contribution < -0.4 is 0 Å². The van der Waals surface area contributed by atoms with Gasteiger partial charge < -0.3 is 0 Å². The lowest BCUT2D eigenvalue weighted by molar-refractivity contribution is -0.123. The molecule has 1 aromatic heterocycles. The maximum absolute atomic E-state index is 13.0. The predicted octanol–water partition coefficient (Wildman–Crippen LogP) is 5.29. The zero-order chi connectivity index (χ0) is 16.4. The molecule has 0 radical (unpaired) electrons. The number of nitrogens with zero attached hydrogens (tertiary/aromatic N) is 2. The largest absolute Gasteiger partial charge is 0.283 e. The number of carbonyl (C=O) groups is 1. The molecule has 1 saturated heterocycles. The van der Waals surface area contributed by atoms with Gasteiger partial charge in [-0.1, -0.05) is 37.1 Å². The van der Waals surface area contributed by atoms with E-state index in [1.807, 2.05) is 58.8 Å². The van der Waals surface area contributed by atoms with Crippen LogP contribution in [0.4, 0.5) is 5.69 Å². The highest BCUT2D eigenvalue weighted by Gasteiger charge is 2.39. The highest BCUT2D eigenvalue weighted by molar-refractivity contribution is 8.18. The summed E-state index contributed by atoms with van der Waals surface area (Å²) >= 11 is 3.15.